The molecule has 0 bridgehead atoms. The fourth-order valence-electron chi connectivity index (χ4n) is 3.35. The minimum atomic E-state index is 0.892. The van der Waals surface area contributed by atoms with Gasteiger partial charge in [-0.1, -0.05) is 41.1 Å². The lowest BCUT2D eigenvalue weighted by Gasteiger charge is -2.01. The summed E-state index contributed by atoms with van der Waals surface area (Å²) in [6, 6.07) is 15.0. The standard InChI is InChI=1S/C21H18N4S/c1-12-4-7-15(8-5-12)26-19-14(3)24-25-20-17(11-22-21(19)25)16-10-13(2)6-9-18(16)23-20/h4-11,23H,1-3H3. The molecule has 0 aliphatic heterocycles. The highest BCUT2D eigenvalue weighted by Crippen LogP contribution is 2.35. The van der Waals surface area contributed by atoms with E-state index in [4.69, 9.17) is 10.1 Å². The maximum absolute atomic E-state index is 4.77. The van der Waals surface area contributed by atoms with Crippen LogP contribution in [0.2, 0.25) is 0 Å². The predicted octanol–water partition coefficient (Wildman–Crippen LogP) is 5.44. The second kappa shape index (κ2) is 5.61. The van der Waals surface area contributed by atoms with Crippen LogP contribution >= 0.6 is 11.8 Å². The third kappa shape index (κ3) is 2.31. The Kier molecular flexibility index (Phi) is 3.34. The van der Waals surface area contributed by atoms with Crippen molar-refractivity contribution >= 4 is 39.3 Å². The van der Waals surface area contributed by atoms with Crippen molar-refractivity contribution in [3.63, 3.8) is 0 Å². The molecule has 5 rings (SSSR count). The van der Waals surface area contributed by atoms with E-state index < -0.39 is 0 Å². The Hall–Kier alpha value is -2.79. The molecule has 2 aromatic carbocycles. The van der Waals surface area contributed by atoms with Gasteiger partial charge in [-0.3, -0.25) is 0 Å². The molecule has 0 radical (unpaired) electrons. The summed E-state index contributed by atoms with van der Waals surface area (Å²) in [4.78, 5) is 10.6. The van der Waals surface area contributed by atoms with Crippen LogP contribution in [0.4, 0.5) is 0 Å². The zero-order chi connectivity index (χ0) is 17.8. The van der Waals surface area contributed by atoms with E-state index in [1.54, 1.807) is 11.8 Å². The first-order valence-electron chi connectivity index (χ1n) is 8.61. The lowest BCUT2D eigenvalue weighted by Crippen LogP contribution is -1.92. The first kappa shape index (κ1) is 15.5. The molecule has 0 aliphatic carbocycles. The van der Waals surface area contributed by atoms with Gasteiger partial charge < -0.3 is 4.98 Å². The molecule has 26 heavy (non-hydrogen) atoms. The third-order valence-corrected chi connectivity index (χ3v) is 5.91. The van der Waals surface area contributed by atoms with E-state index in [0.717, 1.165) is 32.8 Å². The van der Waals surface area contributed by atoms with E-state index >= 15 is 0 Å². The van der Waals surface area contributed by atoms with Crippen LogP contribution in [0.15, 0.2) is 58.5 Å². The zero-order valence-corrected chi connectivity index (χ0v) is 15.7. The first-order chi connectivity index (χ1) is 12.6. The molecule has 0 saturated heterocycles. The number of nitrogens with zero attached hydrogens (tertiary/aromatic N) is 3. The van der Waals surface area contributed by atoms with E-state index in [9.17, 15) is 0 Å². The van der Waals surface area contributed by atoms with Crippen LogP contribution in [0.5, 0.6) is 0 Å². The van der Waals surface area contributed by atoms with E-state index in [2.05, 4.69) is 61.3 Å². The van der Waals surface area contributed by atoms with Gasteiger partial charge in [-0.25, -0.2) is 4.98 Å². The highest BCUT2D eigenvalue weighted by molar-refractivity contribution is 7.99. The van der Waals surface area contributed by atoms with Crippen LogP contribution in [-0.4, -0.2) is 19.6 Å². The number of fused-ring (bicyclic) bond motifs is 5. The van der Waals surface area contributed by atoms with Gasteiger partial charge in [-0.2, -0.15) is 9.61 Å². The molecule has 0 aliphatic rings. The summed E-state index contributed by atoms with van der Waals surface area (Å²) < 4.78 is 1.94. The minimum absolute atomic E-state index is 0.892. The molecule has 0 fully saturated rings. The van der Waals surface area contributed by atoms with Gasteiger partial charge in [0, 0.05) is 27.4 Å². The summed E-state index contributed by atoms with van der Waals surface area (Å²) in [5.41, 5.74) is 6.49. The Labute approximate surface area is 155 Å². The van der Waals surface area contributed by atoms with E-state index in [1.807, 2.05) is 17.6 Å². The average Bonchev–Trinajstić information content (AvgIpc) is 3.15. The van der Waals surface area contributed by atoms with Crippen LogP contribution in [0.3, 0.4) is 0 Å². The lowest BCUT2D eigenvalue weighted by molar-refractivity contribution is 0.944. The largest absolute Gasteiger partial charge is 0.339 e. The molecule has 0 unspecified atom stereocenters. The Morgan fingerprint density at radius 3 is 2.50 bits per heavy atom. The van der Waals surface area contributed by atoms with Crippen molar-refractivity contribution in [2.24, 2.45) is 0 Å². The van der Waals surface area contributed by atoms with Crippen LogP contribution in [0.25, 0.3) is 27.6 Å². The van der Waals surface area contributed by atoms with E-state index in [-0.39, 0.29) is 0 Å². The van der Waals surface area contributed by atoms with Crippen molar-refractivity contribution in [2.75, 3.05) is 0 Å². The summed E-state index contributed by atoms with van der Waals surface area (Å²) in [7, 11) is 0. The van der Waals surface area contributed by atoms with Gasteiger partial charge in [0.05, 0.1) is 10.6 Å². The van der Waals surface area contributed by atoms with Gasteiger partial charge in [0.25, 0.3) is 0 Å². The number of hydrogen-bond acceptors (Lipinski definition) is 3. The summed E-state index contributed by atoms with van der Waals surface area (Å²) in [5, 5.41) is 7.07. The maximum atomic E-state index is 4.77. The fourth-order valence-corrected chi connectivity index (χ4v) is 4.28. The smallest absolute Gasteiger partial charge is 0.171 e. The Bertz CT molecular complexity index is 1280. The van der Waals surface area contributed by atoms with Crippen molar-refractivity contribution in [3.8, 4) is 0 Å². The lowest BCUT2D eigenvalue weighted by atomic mass is 10.1. The van der Waals surface area contributed by atoms with Gasteiger partial charge in [-0.15, -0.1) is 0 Å². The second-order valence-corrected chi connectivity index (χ2v) is 7.84. The number of rotatable bonds is 2. The molecule has 5 heteroatoms. The monoisotopic (exact) mass is 358 g/mol. The number of hydrogen-bond donors (Lipinski definition) is 1. The molecule has 0 amide bonds. The molecule has 0 saturated carbocycles. The predicted molar refractivity (Wildman–Crippen MR) is 107 cm³/mol. The molecule has 3 heterocycles. The third-order valence-electron chi connectivity index (χ3n) is 4.72. The summed E-state index contributed by atoms with van der Waals surface area (Å²) in [6.45, 7) is 6.26. The second-order valence-electron chi connectivity index (χ2n) is 6.76. The van der Waals surface area contributed by atoms with Gasteiger partial charge in [-0.05, 0) is 45.0 Å². The number of aromatic nitrogens is 4. The van der Waals surface area contributed by atoms with Gasteiger partial charge in [0.1, 0.15) is 5.65 Å². The van der Waals surface area contributed by atoms with Crippen LogP contribution in [0, 0.1) is 20.8 Å². The topological polar surface area (TPSA) is 46.0 Å². The molecule has 5 aromatic rings. The van der Waals surface area contributed by atoms with Crippen molar-refractivity contribution in [1.82, 2.24) is 19.6 Å². The molecular weight excluding hydrogens is 340 g/mol. The van der Waals surface area contributed by atoms with Gasteiger partial charge in [0.15, 0.2) is 5.65 Å². The van der Waals surface area contributed by atoms with Gasteiger partial charge >= 0.3 is 0 Å². The molecule has 0 atom stereocenters. The van der Waals surface area contributed by atoms with E-state index in [1.165, 1.54) is 21.4 Å². The summed E-state index contributed by atoms with van der Waals surface area (Å²) >= 11 is 1.72. The number of nitrogens with one attached hydrogen (secondary N) is 1. The van der Waals surface area contributed by atoms with Crippen LogP contribution in [0.1, 0.15) is 16.8 Å². The zero-order valence-electron chi connectivity index (χ0n) is 14.9. The fraction of sp³-hybridized carbons (Fsp3) is 0.143. The SMILES string of the molecule is Cc1ccc(Sc2c(C)nn3c2ncc2c4cc(C)ccc4[nH]c23)cc1. The number of H-pyrrole nitrogens is 1. The minimum Gasteiger partial charge on any atom is -0.339 e. The Morgan fingerprint density at radius 1 is 0.923 bits per heavy atom. The Balaban J connectivity index is 1.73. The molecular formula is C21H18N4S. The highest BCUT2D eigenvalue weighted by Gasteiger charge is 2.16. The van der Waals surface area contributed by atoms with Crippen molar-refractivity contribution in [3.05, 3.63) is 65.5 Å². The summed E-state index contributed by atoms with van der Waals surface area (Å²) in [6.07, 6.45) is 1.96. The molecule has 128 valence electrons. The Morgan fingerprint density at radius 2 is 1.69 bits per heavy atom. The highest BCUT2D eigenvalue weighted by atomic mass is 32.2. The van der Waals surface area contributed by atoms with Crippen LogP contribution < -0.4 is 0 Å². The maximum Gasteiger partial charge on any atom is 0.171 e. The summed E-state index contributed by atoms with van der Waals surface area (Å²) in [5.74, 6) is 0. The normalized spacial score (nSPS) is 11.8. The molecule has 1 N–H and O–H groups in total. The first-order valence-corrected chi connectivity index (χ1v) is 9.43. The van der Waals surface area contributed by atoms with Crippen molar-refractivity contribution in [1.29, 1.82) is 0 Å². The van der Waals surface area contributed by atoms with Crippen LogP contribution in [-0.2, 0) is 0 Å². The quantitative estimate of drug-likeness (QED) is 0.457. The number of benzene rings is 2. The van der Waals surface area contributed by atoms with Gasteiger partial charge in [0.2, 0.25) is 0 Å². The van der Waals surface area contributed by atoms with E-state index in [0.29, 0.717) is 0 Å². The number of aromatic amines is 1. The molecule has 0 spiro atoms. The van der Waals surface area contributed by atoms with Crippen molar-refractivity contribution in [2.45, 2.75) is 30.6 Å². The average molecular weight is 358 g/mol. The number of aryl methyl sites for hydroxylation is 3. The van der Waals surface area contributed by atoms with Crippen molar-refractivity contribution < 1.29 is 0 Å². The molecule has 3 aromatic heterocycles. The molecule has 4 nitrogen and oxygen atoms in total.